The zero-order valence-electron chi connectivity index (χ0n) is 10.2. The van der Waals surface area contributed by atoms with Gasteiger partial charge in [0, 0.05) is 12.0 Å². The van der Waals surface area contributed by atoms with Crippen LogP contribution in [-0.2, 0) is 4.74 Å². The van der Waals surface area contributed by atoms with Crippen molar-refractivity contribution in [2.24, 2.45) is 5.92 Å². The van der Waals surface area contributed by atoms with Crippen molar-refractivity contribution in [1.82, 2.24) is 5.32 Å². The van der Waals surface area contributed by atoms with E-state index in [1.54, 1.807) is 20.8 Å². The minimum Gasteiger partial charge on any atom is -0.444 e. The number of halogens is 2. The lowest BCUT2D eigenvalue weighted by molar-refractivity contribution is 0.0103. The Kier molecular flexibility index (Phi) is 4.30. The minimum absolute atomic E-state index is 0.0814. The third-order valence-corrected chi connectivity index (χ3v) is 2.62. The fourth-order valence-electron chi connectivity index (χ4n) is 1.91. The van der Waals surface area contributed by atoms with E-state index in [9.17, 15) is 18.7 Å². The van der Waals surface area contributed by atoms with E-state index in [0.717, 1.165) is 0 Å². The maximum Gasteiger partial charge on any atom is 0.407 e. The van der Waals surface area contributed by atoms with Gasteiger partial charge in [0.2, 0.25) is 6.43 Å². The first-order chi connectivity index (χ1) is 7.69. The van der Waals surface area contributed by atoms with Crippen molar-refractivity contribution in [3.63, 3.8) is 0 Å². The lowest BCUT2D eigenvalue weighted by atomic mass is 10.1. The molecule has 0 saturated heterocycles. The molecule has 1 saturated carbocycles. The summed E-state index contributed by atoms with van der Waals surface area (Å²) < 4.78 is 29.9. The number of aliphatic hydroxyl groups is 1. The van der Waals surface area contributed by atoms with Crippen molar-refractivity contribution in [3.8, 4) is 0 Å². The van der Waals surface area contributed by atoms with Gasteiger partial charge >= 0.3 is 6.09 Å². The normalized spacial score (nSPS) is 29.5. The number of carbonyl (C=O) groups excluding carboxylic acids is 1. The molecular formula is C11H19F2NO3. The van der Waals surface area contributed by atoms with Crippen LogP contribution in [0, 0.1) is 5.92 Å². The van der Waals surface area contributed by atoms with Gasteiger partial charge in [-0.1, -0.05) is 0 Å². The van der Waals surface area contributed by atoms with Crippen molar-refractivity contribution in [2.75, 3.05) is 0 Å². The summed E-state index contributed by atoms with van der Waals surface area (Å²) in [5, 5.41) is 11.9. The molecular weight excluding hydrogens is 232 g/mol. The Morgan fingerprint density at radius 2 is 2.00 bits per heavy atom. The number of alkyl carbamates (subject to hydrolysis) is 1. The van der Waals surface area contributed by atoms with E-state index in [-0.39, 0.29) is 12.8 Å². The molecule has 0 aliphatic heterocycles. The van der Waals surface area contributed by atoms with Crippen LogP contribution in [0.1, 0.15) is 33.6 Å². The summed E-state index contributed by atoms with van der Waals surface area (Å²) in [7, 11) is 0. The molecule has 0 spiro atoms. The third-order valence-electron chi connectivity index (χ3n) is 2.62. The van der Waals surface area contributed by atoms with Crippen molar-refractivity contribution in [2.45, 2.75) is 57.8 Å². The first-order valence-corrected chi connectivity index (χ1v) is 5.65. The average Bonchev–Trinajstić information content (AvgIpc) is 2.42. The van der Waals surface area contributed by atoms with Crippen molar-refractivity contribution in [1.29, 1.82) is 0 Å². The van der Waals surface area contributed by atoms with Crippen LogP contribution in [0.4, 0.5) is 13.6 Å². The molecule has 1 fully saturated rings. The number of rotatable bonds is 2. The summed E-state index contributed by atoms with van der Waals surface area (Å²) in [6.07, 6.45) is -4.03. The van der Waals surface area contributed by atoms with Crippen molar-refractivity contribution in [3.05, 3.63) is 0 Å². The highest BCUT2D eigenvalue weighted by molar-refractivity contribution is 5.68. The molecule has 0 aromatic carbocycles. The van der Waals surface area contributed by atoms with Gasteiger partial charge < -0.3 is 15.2 Å². The highest BCUT2D eigenvalue weighted by Gasteiger charge is 2.39. The second-order valence-electron chi connectivity index (χ2n) is 5.38. The largest absolute Gasteiger partial charge is 0.444 e. The Labute approximate surface area is 99.3 Å². The van der Waals surface area contributed by atoms with Crippen LogP contribution >= 0.6 is 0 Å². The van der Waals surface area contributed by atoms with Gasteiger partial charge in [-0.15, -0.1) is 0 Å². The van der Waals surface area contributed by atoms with Gasteiger partial charge in [-0.2, -0.15) is 0 Å². The molecule has 0 aromatic heterocycles. The molecule has 3 atom stereocenters. The van der Waals surface area contributed by atoms with Gasteiger partial charge in [0.05, 0.1) is 6.10 Å². The van der Waals surface area contributed by atoms with Crippen molar-refractivity contribution < 1.29 is 23.4 Å². The van der Waals surface area contributed by atoms with E-state index in [1.807, 2.05) is 0 Å². The molecule has 0 radical (unpaired) electrons. The zero-order chi connectivity index (χ0) is 13.2. The molecule has 0 bridgehead atoms. The fraction of sp³-hybridized carbons (Fsp3) is 0.909. The van der Waals surface area contributed by atoms with Crippen LogP contribution in [0.15, 0.2) is 0 Å². The van der Waals surface area contributed by atoms with Gasteiger partial charge in [-0.3, -0.25) is 0 Å². The lowest BCUT2D eigenvalue weighted by Crippen LogP contribution is -2.38. The van der Waals surface area contributed by atoms with E-state index in [0.29, 0.717) is 0 Å². The molecule has 1 rings (SSSR count). The zero-order valence-corrected chi connectivity index (χ0v) is 10.2. The highest BCUT2D eigenvalue weighted by atomic mass is 19.3. The SMILES string of the molecule is CC(C)(C)OC(=O)N[C@H]1C[C@@H](O)[C@H](C(F)F)C1. The number of amides is 1. The Morgan fingerprint density at radius 3 is 2.41 bits per heavy atom. The van der Waals surface area contributed by atoms with Gasteiger partial charge in [0.1, 0.15) is 5.60 Å². The summed E-state index contributed by atoms with van der Waals surface area (Å²) in [4.78, 5) is 11.4. The van der Waals surface area contributed by atoms with E-state index in [4.69, 9.17) is 4.74 Å². The first-order valence-electron chi connectivity index (χ1n) is 5.65. The molecule has 100 valence electrons. The molecule has 4 nitrogen and oxygen atoms in total. The third kappa shape index (κ3) is 4.46. The summed E-state index contributed by atoms with van der Waals surface area (Å²) in [5.74, 6) is -1.06. The molecule has 0 unspecified atom stereocenters. The maximum absolute atomic E-state index is 12.5. The molecule has 17 heavy (non-hydrogen) atoms. The fourth-order valence-corrected chi connectivity index (χ4v) is 1.91. The second kappa shape index (κ2) is 5.16. The number of ether oxygens (including phenoxy) is 1. The molecule has 0 aromatic rings. The first kappa shape index (κ1) is 14.2. The standard InChI is InChI=1S/C11H19F2NO3/c1-11(2,3)17-10(16)14-6-4-7(9(12)13)8(15)5-6/h6-9,15H,4-5H2,1-3H3,(H,14,16)/t6-,7-,8-/m1/s1. The van der Waals surface area contributed by atoms with E-state index < -0.39 is 36.2 Å². The van der Waals surface area contributed by atoms with E-state index >= 15 is 0 Å². The van der Waals surface area contributed by atoms with Crippen LogP contribution in [0.25, 0.3) is 0 Å². The number of hydrogen-bond donors (Lipinski definition) is 2. The van der Waals surface area contributed by atoms with E-state index in [2.05, 4.69) is 5.32 Å². The maximum atomic E-state index is 12.5. The number of nitrogens with one attached hydrogen (secondary N) is 1. The van der Waals surface area contributed by atoms with Crippen LogP contribution in [0.5, 0.6) is 0 Å². The Balaban J connectivity index is 2.42. The summed E-state index contributed by atoms with van der Waals surface area (Å²) >= 11 is 0. The summed E-state index contributed by atoms with van der Waals surface area (Å²) in [6, 6.07) is -0.446. The number of alkyl halides is 2. The van der Waals surface area contributed by atoms with Crippen LogP contribution in [0.2, 0.25) is 0 Å². The van der Waals surface area contributed by atoms with Gasteiger partial charge in [-0.05, 0) is 33.6 Å². The smallest absolute Gasteiger partial charge is 0.407 e. The monoisotopic (exact) mass is 251 g/mol. The molecule has 1 aliphatic rings. The predicted molar refractivity (Wildman–Crippen MR) is 57.9 cm³/mol. The molecule has 2 N–H and O–H groups in total. The quantitative estimate of drug-likeness (QED) is 0.788. The number of carbonyl (C=O) groups is 1. The number of hydrogen-bond acceptors (Lipinski definition) is 3. The summed E-state index contributed by atoms with van der Waals surface area (Å²) in [5.41, 5.74) is -0.622. The Morgan fingerprint density at radius 1 is 1.41 bits per heavy atom. The molecule has 0 heterocycles. The second-order valence-corrected chi connectivity index (χ2v) is 5.38. The summed E-state index contributed by atoms with van der Waals surface area (Å²) in [6.45, 7) is 5.16. The highest BCUT2D eigenvalue weighted by Crippen LogP contribution is 2.31. The Hall–Kier alpha value is -0.910. The van der Waals surface area contributed by atoms with Crippen LogP contribution < -0.4 is 5.32 Å². The lowest BCUT2D eigenvalue weighted by Gasteiger charge is -2.21. The van der Waals surface area contributed by atoms with Crippen LogP contribution in [0.3, 0.4) is 0 Å². The topological polar surface area (TPSA) is 58.6 Å². The van der Waals surface area contributed by atoms with E-state index in [1.165, 1.54) is 0 Å². The molecule has 1 amide bonds. The van der Waals surface area contributed by atoms with Gasteiger partial charge in [0.15, 0.2) is 0 Å². The van der Waals surface area contributed by atoms with Crippen LogP contribution in [-0.4, -0.2) is 35.4 Å². The van der Waals surface area contributed by atoms with Crippen molar-refractivity contribution >= 4 is 6.09 Å². The van der Waals surface area contributed by atoms with Gasteiger partial charge in [0.25, 0.3) is 0 Å². The molecule has 6 heteroatoms. The number of aliphatic hydroxyl groups excluding tert-OH is 1. The predicted octanol–water partition coefficient (Wildman–Crippen LogP) is 1.92. The van der Waals surface area contributed by atoms with Gasteiger partial charge in [-0.25, -0.2) is 13.6 Å². The molecule has 1 aliphatic carbocycles. The Bertz CT molecular complexity index is 278. The minimum atomic E-state index is -2.56. The average molecular weight is 251 g/mol.